The molecule has 1 heterocycles. The van der Waals surface area contributed by atoms with Crippen molar-refractivity contribution in [3.63, 3.8) is 0 Å². The van der Waals surface area contributed by atoms with E-state index < -0.39 is 0 Å². The highest BCUT2D eigenvalue weighted by molar-refractivity contribution is 8.00. The normalized spacial score (nSPS) is 15.1. The number of thioether (sulfide) groups is 2. The van der Waals surface area contributed by atoms with Crippen LogP contribution >= 0.6 is 23.5 Å². The van der Waals surface area contributed by atoms with Crippen LogP contribution in [0.1, 0.15) is 21.6 Å². The van der Waals surface area contributed by atoms with Gasteiger partial charge in [0.2, 0.25) is 11.8 Å². The van der Waals surface area contributed by atoms with E-state index in [-0.39, 0.29) is 22.3 Å². The second-order valence-corrected chi connectivity index (χ2v) is 11.5. The van der Waals surface area contributed by atoms with Crippen molar-refractivity contribution >= 4 is 35.3 Å². The van der Waals surface area contributed by atoms with Gasteiger partial charge in [0, 0.05) is 36.0 Å². The zero-order valence-electron chi connectivity index (χ0n) is 21.1. The lowest BCUT2D eigenvalue weighted by Crippen LogP contribution is -2.52. The molecule has 0 radical (unpaired) electrons. The lowest BCUT2D eigenvalue weighted by molar-refractivity contribution is -0.139. The molecule has 1 saturated heterocycles. The van der Waals surface area contributed by atoms with Crippen LogP contribution in [0.3, 0.4) is 0 Å². The second-order valence-electron chi connectivity index (χ2n) is 9.09. The Kier molecular flexibility index (Phi) is 8.84. The molecule has 0 aromatic heterocycles. The molecule has 1 fully saturated rings. The molecule has 4 nitrogen and oxygen atoms in total. The van der Waals surface area contributed by atoms with Crippen LogP contribution in [-0.4, -0.2) is 47.8 Å². The predicted molar refractivity (Wildman–Crippen MR) is 156 cm³/mol. The number of hydrogen-bond acceptors (Lipinski definition) is 4. The van der Waals surface area contributed by atoms with Crippen molar-refractivity contribution in [3.8, 4) is 0 Å². The zero-order chi connectivity index (χ0) is 26.2. The lowest BCUT2D eigenvalue weighted by Gasteiger charge is -2.37. The minimum atomic E-state index is -0.327. The highest BCUT2D eigenvalue weighted by Gasteiger charge is 2.33. The summed E-state index contributed by atoms with van der Waals surface area (Å²) in [6.07, 6.45) is 0. The fourth-order valence-corrected chi connectivity index (χ4v) is 6.79. The van der Waals surface area contributed by atoms with Crippen molar-refractivity contribution < 1.29 is 9.59 Å². The van der Waals surface area contributed by atoms with Crippen LogP contribution in [0, 0.1) is 0 Å². The summed E-state index contributed by atoms with van der Waals surface area (Å²) in [5, 5.41) is -0.655. The van der Waals surface area contributed by atoms with Gasteiger partial charge in [-0.1, -0.05) is 97.1 Å². The smallest absolute Gasteiger partial charge is 0.240 e. The van der Waals surface area contributed by atoms with Crippen LogP contribution in [0.4, 0.5) is 0 Å². The summed E-state index contributed by atoms with van der Waals surface area (Å²) in [5.74, 6) is 0.186. The Morgan fingerprint density at radius 3 is 1.08 bits per heavy atom. The Hall–Kier alpha value is -3.48. The van der Waals surface area contributed by atoms with Crippen LogP contribution in [-0.2, 0) is 9.59 Å². The maximum absolute atomic E-state index is 13.8. The molecule has 0 spiro atoms. The van der Waals surface area contributed by atoms with E-state index in [1.807, 2.05) is 131 Å². The van der Waals surface area contributed by atoms with Gasteiger partial charge in [0.15, 0.2) is 0 Å². The highest BCUT2D eigenvalue weighted by Crippen LogP contribution is 2.38. The Balaban J connectivity index is 1.29. The predicted octanol–water partition coefficient (Wildman–Crippen LogP) is 6.72. The maximum atomic E-state index is 13.8. The van der Waals surface area contributed by atoms with Gasteiger partial charge in [-0.2, -0.15) is 0 Å². The van der Waals surface area contributed by atoms with Crippen molar-refractivity contribution in [1.29, 1.82) is 0 Å². The number of benzene rings is 4. The molecule has 0 saturated carbocycles. The number of piperazine rings is 1. The van der Waals surface area contributed by atoms with Crippen molar-refractivity contribution in [2.45, 2.75) is 20.3 Å². The Morgan fingerprint density at radius 1 is 0.474 bits per heavy atom. The monoisotopic (exact) mass is 538 g/mol. The van der Waals surface area contributed by atoms with Crippen LogP contribution in [0.2, 0.25) is 0 Å². The van der Waals surface area contributed by atoms with Gasteiger partial charge >= 0.3 is 0 Å². The number of rotatable bonds is 8. The van der Waals surface area contributed by atoms with Crippen LogP contribution < -0.4 is 0 Å². The first-order valence-corrected chi connectivity index (χ1v) is 14.6. The van der Waals surface area contributed by atoms with Gasteiger partial charge in [0.05, 0.1) is 0 Å². The number of hydrogen-bond donors (Lipinski definition) is 0. The Morgan fingerprint density at radius 2 is 0.763 bits per heavy atom. The van der Waals surface area contributed by atoms with Gasteiger partial charge in [-0.15, -0.1) is 23.5 Å². The topological polar surface area (TPSA) is 40.6 Å². The third-order valence-corrected chi connectivity index (χ3v) is 9.06. The van der Waals surface area contributed by atoms with E-state index in [9.17, 15) is 9.59 Å². The fraction of sp³-hybridized carbons (Fsp3) is 0.188. The third-order valence-electron chi connectivity index (χ3n) is 6.55. The van der Waals surface area contributed by atoms with Gasteiger partial charge in [-0.3, -0.25) is 9.59 Å². The Labute approximate surface area is 233 Å². The van der Waals surface area contributed by atoms with Crippen molar-refractivity contribution in [2.75, 3.05) is 26.2 Å². The molecule has 5 rings (SSSR count). The van der Waals surface area contributed by atoms with E-state index >= 15 is 0 Å². The maximum Gasteiger partial charge on any atom is 0.240 e. The molecule has 38 heavy (non-hydrogen) atoms. The Bertz CT molecular complexity index is 1210. The van der Waals surface area contributed by atoms with E-state index in [1.165, 1.54) is 0 Å². The SMILES string of the molecule is O=C([C@H](Sc1ccccc1)c1ccccc1)N1CCN(C(=O)[C@H](Sc2ccccc2)c2ccccc2)CC1. The minimum Gasteiger partial charge on any atom is -0.338 e. The number of carbonyl (C=O) groups excluding carboxylic acids is 2. The fourth-order valence-electron chi connectivity index (χ4n) is 4.53. The molecule has 1 aliphatic heterocycles. The van der Waals surface area contributed by atoms with E-state index in [1.54, 1.807) is 23.5 Å². The quantitative estimate of drug-likeness (QED) is 0.233. The molecule has 192 valence electrons. The van der Waals surface area contributed by atoms with Crippen molar-refractivity contribution in [1.82, 2.24) is 9.80 Å². The molecule has 4 aromatic rings. The highest BCUT2D eigenvalue weighted by atomic mass is 32.2. The summed E-state index contributed by atoms with van der Waals surface area (Å²) >= 11 is 3.16. The molecule has 0 N–H and O–H groups in total. The van der Waals surface area contributed by atoms with Gasteiger partial charge in [-0.05, 0) is 35.4 Å². The molecule has 2 amide bonds. The van der Waals surface area contributed by atoms with Gasteiger partial charge < -0.3 is 9.80 Å². The second kappa shape index (κ2) is 12.9. The molecule has 2 atom stereocenters. The summed E-state index contributed by atoms with van der Waals surface area (Å²) in [6.45, 7) is 2.11. The first-order valence-electron chi connectivity index (χ1n) is 12.8. The van der Waals surface area contributed by atoms with E-state index in [2.05, 4.69) is 0 Å². The van der Waals surface area contributed by atoms with E-state index in [0.29, 0.717) is 26.2 Å². The largest absolute Gasteiger partial charge is 0.338 e. The molecule has 0 unspecified atom stereocenters. The molecular formula is C32H30N2O2S2. The van der Waals surface area contributed by atoms with E-state index in [0.717, 1.165) is 20.9 Å². The molecule has 0 aliphatic carbocycles. The van der Waals surface area contributed by atoms with Crippen LogP contribution in [0.15, 0.2) is 131 Å². The number of nitrogens with zero attached hydrogens (tertiary/aromatic N) is 2. The van der Waals surface area contributed by atoms with Crippen molar-refractivity contribution in [3.05, 3.63) is 132 Å². The summed E-state index contributed by atoms with van der Waals surface area (Å²) in [4.78, 5) is 33.5. The first-order chi connectivity index (χ1) is 18.7. The minimum absolute atomic E-state index is 0.0930. The number of carbonyl (C=O) groups is 2. The van der Waals surface area contributed by atoms with Crippen LogP contribution in [0.5, 0.6) is 0 Å². The third kappa shape index (κ3) is 6.50. The first kappa shape index (κ1) is 26.1. The molecule has 6 heteroatoms. The standard InChI is InChI=1S/C32H30N2O2S2/c35-31(29(25-13-5-1-6-14-25)37-27-17-9-3-10-18-27)33-21-23-34(24-22-33)32(36)30(26-15-7-2-8-16-26)38-28-19-11-4-12-20-28/h1-20,29-30H,21-24H2/t29-,30-/m1/s1. The molecule has 1 aliphatic rings. The number of amides is 2. The van der Waals surface area contributed by atoms with E-state index in [4.69, 9.17) is 0 Å². The summed E-state index contributed by atoms with van der Waals surface area (Å²) in [7, 11) is 0. The van der Waals surface area contributed by atoms with Crippen molar-refractivity contribution in [2.24, 2.45) is 0 Å². The van der Waals surface area contributed by atoms with Gasteiger partial charge in [0.25, 0.3) is 0 Å². The van der Waals surface area contributed by atoms with Gasteiger partial charge in [-0.25, -0.2) is 0 Å². The zero-order valence-corrected chi connectivity index (χ0v) is 22.7. The summed E-state index contributed by atoms with van der Waals surface area (Å²) in [5.41, 5.74) is 1.99. The summed E-state index contributed by atoms with van der Waals surface area (Å²) in [6, 6.07) is 40.0. The lowest BCUT2D eigenvalue weighted by atomic mass is 10.1. The molecule has 0 bridgehead atoms. The average molecular weight is 539 g/mol. The van der Waals surface area contributed by atoms with Crippen LogP contribution in [0.25, 0.3) is 0 Å². The molecule has 4 aromatic carbocycles. The van der Waals surface area contributed by atoms with Gasteiger partial charge in [0.1, 0.15) is 10.5 Å². The molecular weight excluding hydrogens is 508 g/mol. The summed E-state index contributed by atoms with van der Waals surface area (Å²) < 4.78 is 0. The average Bonchev–Trinajstić information content (AvgIpc) is 3.00.